The molecule has 1 aromatic carbocycles. The molecule has 2 heterocycles. The SMILES string of the molecule is CC1(C)CC2=C(OC1N1CCOCC1)C(=O)c1ccccc1C2=O. The van der Waals surface area contributed by atoms with E-state index in [1.54, 1.807) is 24.3 Å². The highest BCUT2D eigenvalue weighted by molar-refractivity contribution is 6.26. The first-order valence-electron chi connectivity index (χ1n) is 8.39. The van der Waals surface area contributed by atoms with Gasteiger partial charge in [0.1, 0.15) is 0 Å². The van der Waals surface area contributed by atoms with Gasteiger partial charge in [0, 0.05) is 35.2 Å². The number of Topliss-reactive ketones (excluding diaryl/α,β-unsaturated/α-hetero) is 2. The summed E-state index contributed by atoms with van der Waals surface area (Å²) in [4.78, 5) is 27.9. The molecule has 0 aromatic heterocycles. The van der Waals surface area contributed by atoms with Gasteiger partial charge in [0.05, 0.1) is 13.2 Å². The zero-order chi connectivity index (χ0) is 16.9. The van der Waals surface area contributed by atoms with E-state index in [2.05, 4.69) is 18.7 Å². The van der Waals surface area contributed by atoms with Crippen molar-refractivity contribution in [1.29, 1.82) is 0 Å². The molecule has 0 bridgehead atoms. The number of benzene rings is 1. The van der Waals surface area contributed by atoms with Gasteiger partial charge in [-0.1, -0.05) is 38.1 Å². The number of nitrogens with zero attached hydrogens (tertiary/aromatic N) is 1. The van der Waals surface area contributed by atoms with Gasteiger partial charge in [-0.3, -0.25) is 14.5 Å². The largest absolute Gasteiger partial charge is 0.470 e. The van der Waals surface area contributed by atoms with Crippen LogP contribution in [0.25, 0.3) is 0 Å². The monoisotopic (exact) mass is 327 g/mol. The Balaban J connectivity index is 1.73. The minimum absolute atomic E-state index is 0.0753. The molecule has 0 spiro atoms. The lowest BCUT2D eigenvalue weighted by Crippen LogP contribution is -2.54. The van der Waals surface area contributed by atoms with Crippen LogP contribution in [0.4, 0.5) is 0 Å². The van der Waals surface area contributed by atoms with E-state index in [1.807, 2.05) is 0 Å². The predicted octanol–water partition coefficient (Wildman–Crippen LogP) is 2.42. The molecule has 1 aromatic rings. The topological polar surface area (TPSA) is 55.8 Å². The molecule has 1 fully saturated rings. The molecular weight excluding hydrogens is 306 g/mol. The number of carbonyl (C=O) groups excluding carboxylic acids is 2. The maximum Gasteiger partial charge on any atom is 0.228 e. The van der Waals surface area contributed by atoms with Gasteiger partial charge in [-0.25, -0.2) is 0 Å². The third-order valence-corrected chi connectivity index (χ3v) is 5.08. The molecular formula is C19H21NO4. The van der Waals surface area contributed by atoms with E-state index in [1.165, 1.54) is 0 Å². The van der Waals surface area contributed by atoms with E-state index in [0.717, 1.165) is 13.1 Å². The summed E-state index contributed by atoms with van der Waals surface area (Å²) in [5, 5.41) is 0. The van der Waals surface area contributed by atoms with Crippen molar-refractivity contribution in [3.05, 3.63) is 46.7 Å². The Labute approximate surface area is 141 Å². The van der Waals surface area contributed by atoms with E-state index in [9.17, 15) is 9.59 Å². The normalized spacial score (nSPS) is 26.7. The average molecular weight is 327 g/mol. The Morgan fingerprint density at radius 3 is 2.33 bits per heavy atom. The zero-order valence-electron chi connectivity index (χ0n) is 14.0. The van der Waals surface area contributed by atoms with Crippen molar-refractivity contribution in [2.75, 3.05) is 26.3 Å². The molecule has 126 valence electrons. The second-order valence-corrected chi connectivity index (χ2v) is 7.30. The highest BCUT2D eigenvalue weighted by atomic mass is 16.5. The maximum absolute atomic E-state index is 12.9. The Hall–Kier alpha value is -1.98. The molecule has 5 nitrogen and oxygen atoms in total. The third-order valence-electron chi connectivity index (χ3n) is 5.08. The Morgan fingerprint density at radius 1 is 1.04 bits per heavy atom. The predicted molar refractivity (Wildman–Crippen MR) is 87.8 cm³/mol. The van der Waals surface area contributed by atoms with Gasteiger partial charge in [0.2, 0.25) is 5.78 Å². The number of ketones is 2. The van der Waals surface area contributed by atoms with Crippen LogP contribution in [0.15, 0.2) is 35.6 Å². The van der Waals surface area contributed by atoms with Gasteiger partial charge in [0.25, 0.3) is 0 Å². The average Bonchev–Trinajstić information content (AvgIpc) is 2.59. The van der Waals surface area contributed by atoms with E-state index in [4.69, 9.17) is 9.47 Å². The number of fused-ring (bicyclic) bond motifs is 1. The summed E-state index contributed by atoms with van der Waals surface area (Å²) in [5.41, 5.74) is 1.21. The number of hydrogen-bond donors (Lipinski definition) is 0. The van der Waals surface area contributed by atoms with E-state index >= 15 is 0 Å². The summed E-state index contributed by atoms with van der Waals surface area (Å²) in [6.07, 6.45) is 0.325. The van der Waals surface area contributed by atoms with Crippen molar-refractivity contribution in [3.8, 4) is 0 Å². The van der Waals surface area contributed by atoms with E-state index in [0.29, 0.717) is 36.3 Å². The summed E-state index contributed by atoms with van der Waals surface area (Å²) in [6.45, 7) is 7.06. The van der Waals surface area contributed by atoms with E-state index < -0.39 is 0 Å². The molecule has 24 heavy (non-hydrogen) atoms. The fraction of sp³-hybridized carbons (Fsp3) is 0.474. The Morgan fingerprint density at radius 2 is 1.67 bits per heavy atom. The van der Waals surface area contributed by atoms with Crippen LogP contribution < -0.4 is 0 Å². The maximum atomic E-state index is 12.9. The highest BCUT2D eigenvalue weighted by Crippen LogP contribution is 2.44. The van der Waals surface area contributed by atoms with Crippen molar-refractivity contribution < 1.29 is 19.1 Å². The van der Waals surface area contributed by atoms with Crippen LogP contribution in [0.2, 0.25) is 0 Å². The van der Waals surface area contributed by atoms with Crippen LogP contribution >= 0.6 is 0 Å². The molecule has 1 atom stereocenters. The minimum atomic E-state index is -0.252. The van der Waals surface area contributed by atoms with Crippen LogP contribution in [0, 0.1) is 5.41 Å². The summed E-state index contributed by atoms with van der Waals surface area (Å²) in [5.74, 6) is -0.00261. The molecule has 0 amide bonds. The standard InChI is InChI=1S/C19H21NO4/c1-19(2)11-14-15(21)12-5-3-4-6-13(12)16(22)17(14)24-18(19)20-7-9-23-10-8-20/h3-6,18H,7-11H2,1-2H3. The van der Waals surface area contributed by atoms with Gasteiger partial charge in [0.15, 0.2) is 17.8 Å². The van der Waals surface area contributed by atoms with Crippen LogP contribution in [0.5, 0.6) is 0 Å². The van der Waals surface area contributed by atoms with Crippen molar-refractivity contribution in [1.82, 2.24) is 4.90 Å². The summed E-state index contributed by atoms with van der Waals surface area (Å²) >= 11 is 0. The first-order valence-corrected chi connectivity index (χ1v) is 8.39. The third kappa shape index (κ3) is 2.31. The molecule has 4 rings (SSSR count). The molecule has 3 aliphatic rings. The first kappa shape index (κ1) is 15.5. The molecule has 5 heteroatoms. The van der Waals surface area contributed by atoms with Gasteiger partial charge in [-0.15, -0.1) is 0 Å². The van der Waals surface area contributed by atoms with Crippen LogP contribution in [0.3, 0.4) is 0 Å². The number of rotatable bonds is 1. The van der Waals surface area contributed by atoms with Gasteiger partial charge in [-0.05, 0) is 6.42 Å². The summed E-state index contributed by atoms with van der Waals surface area (Å²) in [7, 11) is 0. The van der Waals surface area contributed by atoms with Gasteiger partial charge >= 0.3 is 0 Å². The number of ether oxygens (including phenoxy) is 2. The van der Waals surface area contributed by atoms with Crippen LogP contribution in [-0.4, -0.2) is 49.0 Å². The molecule has 1 aliphatic carbocycles. The van der Waals surface area contributed by atoms with Gasteiger partial charge < -0.3 is 9.47 Å². The van der Waals surface area contributed by atoms with Crippen molar-refractivity contribution in [2.24, 2.45) is 5.41 Å². The number of allylic oxidation sites excluding steroid dienone is 2. The number of morpholine rings is 1. The number of carbonyl (C=O) groups is 2. The lowest BCUT2D eigenvalue weighted by atomic mass is 9.75. The molecule has 1 saturated heterocycles. The summed E-state index contributed by atoms with van der Waals surface area (Å²) in [6, 6.07) is 7.00. The lowest BCUT2D eigenvalue weighted by Gasteiger charge is -2.47. The smallest absolute Gasteiger partial charge is 0.228 e. The molecule has 0 N–H and O–H groups in total. The van der Waals surface area contributed by atoms with E-state index in [-0.39, 0.29) is 29.0 Å². The van der Waals surface area contributed by atoms with Crippen molar-refractivity contribution in [2.45, 2.75) is 26.5 Å². The molecule has 2 aliphatic heterocycles. The molecule has 0 saturated carbocycles. The summed E-state index contributed by atoms with van der Waals surface area (Å²) < 4.78 is 11.6. The Bertz CT molecular complexity index is 743. The first-order chi connectivity index (χ1) is 11.5. The van der Waals surface area contributed by atoms with Crippen molar-refractivity contribution in [3.63, 3.8) is 0 Å². The van der Waals surface area contributed by atoms with Crippen LogP contribution in [-0.2, 0) is 9.47 Å². The van der Waals surface area contributed by atoms with Crippen LogP contribution in [0.1, 0.15) is 41.0 Å². The number of hydrogen-bond acceptors (Lipinski definition) is 5. The second kappa shape index (κ2) is 5.53. The Kier molecular flexibility index (Phi) is 3.58. The minimum Gasteiger partial charge on any atom is -0.470 e. The molecule has 0 radical (unpaired) electrons. The fourth-order valence-electron chi connectivity index (χ4n) is 3.88. The molecule has 1 unspecified atom stereocenters. The highest BCUT2D eigenvalue weighted by Gasteiger charge is 2.47. The second-order valence-electron chi connectivity index (χ2n) is 7.30. The zero-order valence-corrected chi connectivity index (χ0v) is 14.0. The fourth-order valence-corrected chi connectivity index (χ4v) is 3.88. The quantitative estimate of drug-likeness (QED) is 0.793. The lowest BCUT2D eigenvalue weighted by molar-refractivity contribution is -0.133. The van der Waals surface area contributed by atoms with Gasteiger partial charge in [-0.2, -0.15) is 0 Å². The van der Waals surface area contributed by atoms with Crippen molar-refractivity contribution >= 4 is 11.6 Å².